The molecule has 1 aliphatic heterocycles. The number of hydrogen-bond acceptors (Lipinski definition) is 5. The molecule has 0 saturated carbocycles. The Bertz CT molecular complexity index is 741. The third kappa shape index (κ3) is 4.05. The summed E-state index contributed by atoms with van der Waals surface area (Å²) in [5.41, 5.74) is 1.19. The van der Waals surface area contributed by atoms with Crippen LogP contribution < -0.4 is 5.32 Å². The van der Waals surface area contributed by atoms with E-state index >= 15 is 0 Å². The van der Waals surface area contributed by atoms with Crippen LogP contribution in [0.3, 0.4) is 0 Å². The third-order valence-corrected chi connectivity index (χ3v) is 4.65. The van der Waals surface area contributed by atoms with Gasteiger partial charge in [-0.1, -0.05) is 30.3 Å². The first kappa shape index (κ1) is 16.3. The van der Waals surface area contributed by atoms with Gasteiger partial charge >= 0.3 is 0 Å². The van der Waals surface area contributed by atoms with Crippen LogP contribution in [0.15, 0.2) is 36.5 Å². The molecule has 0 radical (unpaired) electrons. The van der Waals surface area contributed by atoms with Gasteiger partial charge in [0, 0.05) is 43.3 Å². The summed E-state index contributed by atoms with van der Waals surface area (Å²) in [6.45, 7) is 0.131. The van der Waals surface area contributed by atoms with Crippen molar-refractivity contribution in [2.45, 2.75) is 25.7 Å². The minimum absolute atomic E-state index is 0.0884. The standard InChI is InChI=1S/C17H17N3O3S/c21-14(8-9-20-15(22)6-7-16(20)23)19-17-18-11-13(24-17)10-12-4-2-1-3-5-12/h1-5,11H,6-10H2,(H,18,19,21). The van der Waals surface area contributed by atoms with Gasteiger partial charge in [-0.3, -0.25) is 19.3 Å². The molecule has 2 heterocycles. The van der Waals surface area contributed by atoms with Crippen LogP contribution in [0.1, 0.15) is 29.7 Å². The average molecular weight is 343 g/mol. The molecule has 2 aromatic rings. The Balaban J connectivity index is 1.50. The van der Waals surface area contributed by atoms with Crippen LogP contribution in [0.25, 0.3) is 0 Å². The van der Waals surface area contributed by atoms with E-state index in [0.717, 1.165) is 16.2 Å². The number of anilines is 1. The van der Waals surface area contributed by atoms with Crippen molar-refractivity contribution in [3.8, 4) is 0 Å². The van der Waals surface area contributed by atoms with Crippen molar-refractivity contribution in [1.29, 1.82) is 0 Å². The summed E-state index contributed by atoms with van der Waals surface area (Å²) >= 11 is 1.42. The number of benzene rings is 1. The van der Waals surface area contributed by atoms with E-state index in [-0.39, 0.29) is 43.5 Å². The second-order valence-corrected chi connectivity index (χ2v) is 6.65. The monoisotopic (exact) mass is 343 g/mol. The van der Waals surface area contributed by atoms with E-state index in [2.05, 4.69) is 10.3 Å². The highest BCUT2D eigenvalue weighted by atomic mass is 32.1. The fraction of sp³-hybridized carbons (Fsp3) is 0.294. The van der Waals surface area contributed by atoms with E-state index in [1.807, 2.05) is 30.3 Å². The number of thiazole rings is 1. The van der Waals surface area contributed by atoms with Crippen molar-refractivity contribution < 1.29 is 14.4 Å². The quantitative estimate of drug-likeness (QED) is 0.816. The summed E-state index contributed by atoms with van der Waals surface area (Å²) in [7, 11) is 0. The fourth-order valence-electron chi connectivity index (χ4n) is 2.51. The number of hydrogen-bond donors (Lipinski definition) is 1. The molecule has 0 spiro atoms. The lowest BCUT2D eigenvalue weighted by Gasteiger charge is -2.12. The summed E-state index contributed by atoms with van der Waals surface area (Å²) in [6, 6.07) is 10.0. The third-order valence-electron chi connectivity index (χ3n) is 3.74. The number of rotatable bonds is 6. The molecule has 0 bridgehead atoms. The van der Waals surface area contributed by atoms with Crippen molar-refractivity contribution in [2.24, 2.45) is 0 Å². The lowest BCUT2D eigenvalue weighted by molar-refractivity contribution is -0.138. The largest absolute Gasteiger partial charge is 0.302 e. The number of likely N-dealkylation sites (tertiary alicyclic amines) is 1. The molecular weight excluding hydrogens is 326 g/mol. The molecule has 3 rings (SSSR count). The molecule has 0 unspecified atom stereocenters. The van der Waals surface area contributed by atoms with E-state index in [9.17, 15) is 14.4 Å². The SMILES string of the molecule is O=C(CCN1C(=O)CCC1=O)Nc1ncc(Cc2ccccc2)s1. The summed E-state index contributed by atoms with van der Waals surface area (Å²) in [5.74, 6) is -0.650. The number of nitrogens with zero attached hydrogens (tertiary/aromatic N) is 2. The number of carbonyl (C=O) groups excluding carboxylic acids is 3. The van der Waals surface area contributed by atoms with Crippen LogP contribution in [0.2, 0.25) is 0 Å². The Morgan fingerprint density at radius 3 is 2.58 bits per heavy atom. The van der Waals surface area contributed by atoms with Gasteiger partial charge in [0.05, 0.1) is 0 Å². The molecule has 1 N–H and O–H groups in total. The molecule has 1 aromatic carbocycles. The summed E-state index contributed by atoms with van der Waals surface area (Å²) < 4.78 is 0. The lowest BCUT2D eigenvalue weighted by atomic mass is 10.1. The molecule has 1 aliphatic rings. The zero-order valence-electron chi connectivity index (χ0n) is 13.0. The van der Waals surface area contributed by atoms with E-state index in [1.165, 1.54) is 16.9 Å². The Morgan fingerprint density at radius 1 is 1.17 bits per heavy atom. The van der Waals surface area contributed by atoms with Gasteiger partial charge in [-0.2, -0.15) is 0 Å². The zero-order chi connectivity index (χ0) is 16.9. The van der Waals surface area contributed by atoms with Gasteiger partial charge in [0.1, 0.15) is 0 Å². The van der Waals surface area contributed by atoms with Crippen LogP contribution in [0.4, 0.5) is 5.13 Å². The molecule has 1 fully saturated rings. The van der Waals surface area contributed by atoms with Gasteiger partial charge in [-0.05, 0) is 5.56 Å². The molecule has 7 heteroatoms. The second kappa shape index (κ2) is 7.35. The van der Waals surface area contributed by atoms with Gasteiger partial charge in [0.25, 0.3) is 0 Å². The maximum absolute atomic E-state index is 12.0. The van der Waals surface area contributed by atoms with Crippen molar-refractivity contribution in [2.75, 3.05) is 11.9 Å². The van der Waals surface area contributed by atoms with Gasteiger partial charge in [0.15, 0.2) is 5.13 Å². The minimum Gasteiger partial charge on any atom is -0.302 e. The van der Waals surface area contributed by atoms with Crippen LogP contribution in [0, 0.1) is 0 Å². The smallest absolute Gasteiger partial charge is 0.229 e. The number of nitrogens with one attached hydrogen (secondary N) is 1. The second-order valence-electron chi connectivity index (χ2n) is 5.53. The zero-order valence-corrected chi connectivity index (χ0v) is 13.8. The normalized spacial score (nSPS) is 14.2. The Kier molecular flexibility index (Phi) is 5.00. The van der Waals surface area contributed by atoms with Gasteiger partial charge < -0.3 is 5.32 Å². The molecule has 1 aromatic heterocycles. The predicted octanol–water partition coefficient (Wildman–Crippen LogP) is 2.21. The molecule has 24 heavy (non-hydrogen) atoms. The topological polar surface area (TPSA) is 79.4 Å². The highest BCUT2D eigenvalue weighted by Gasteiger charge is 2.28. The highest BCUT2D eigenvalue weighted by Crippen LogP contribution is 2.21. The van der Waals surface area contributed by atoms with Crippen LogP contribution >= 0.6 is 11.3 Å². The first-order chi connectivity index (χ1) is 11.6. The van der Waals surface area contributed by atoms with Crippen LogP contribution in [0.5, 0.6) is 0 Å². The number of aromatic nitrogens is 1. The Hall–Kier alpha value is -2.54. The van der Waals surface area contributed by atoms with E-state index in [1.54, 1.807) is 6.20 Å². The first-order valence-electron chi connectivity index (χ1n) is 7.73. The molecule has 6 nitrogen and oxygen atoms in total. The van der Waals surface area contributed by atoms with Crippen molar-refractivity contribution in [3.05, 3.63) is 47.0 Å². The minimum atomic E-state index is -0.247. The van der Waals surface area contributed by atoms with Gasteiger partial charge in [0.2, 0.25) is 17.7 Å². The fourth-order valence-corrected chi connectivity index (χ4v) is 3.37. The highest BCUT2D eigenvalue weighted by molar-refractivity contribution is 7.15. The molecule has 0 atom stereocenters. The molecule has 1 saturated heterocycles. The van der Waals surface area contributed by atoms with Crippen molar-refractivity contribution in [3.63, 3.8) is 0 Å². The van der Waals surface area contributed by atoms with Crippen LogP contribution in [-0.2, 0) is 20.8 Å². The molecule has 0 aliphatic carbocycles. The summed E-state index contributed by atoms with van der Waals surface area (Å²) in [6.07, 6.45) is 3.10. The van der Waals surface area contributed by atoms with Crippen molar-refractivity contribution >= 4 is 34.2 Å². The van der Waals surface area contributed by atoms with Gasteiger partial charge in [-0.25, -0.2) is 4.98 Å². The molecular formula is C17H17N3O3S. The van der Waals surface area contributed by atoms with E-state index < -0.39 is 0 Å². The summed E-state index contributed by atoms with van der Waals surface area (Å²) in [5, 5.41) is 3.25. The van der Waals surface area contributed by atoms with E-state index in [4.69, 9.17) is 0 Å². The van der Waals surface area contributed by atoms with Crippen LogP contribution in [-0.4, -0.2) is 34.2 Å². The molecule has 124 valence electrons. The number of amides is 3. The first-order valence-corrected chi connectivity index (χ1v) is 8.55. The lowest BCUT2D eigenvalue weighted by Crippen LogP contribution is -2.32. The van der Waals surface area contributed by atoms with E-state index in [0.29, 0.717) is 5.13 Å². The maximum Gasteiger partial charge on any atom is 0.229 e. The Labute approximate surface area is 143 Å². The summed E-state index contributed by atoms with van der Waals surface area (Å²) in [4.78, 5) is 41.4. The van der Waals surface area contributed by atoms with Gasteiger partial charge in [-0.15, -0.1) is 11.3 Å². The number of imide groups is 1. The predicted molar refractivity (Wildman–Crippen MR) is 90.6 cm³/mol. The van der Waals surface area contributed by atoms with Crippen molar-refractivity contribution in [1.82, 2.24) is 9.88 Å². The maximum atomic E-state index is 12.0. The molecule has 3 amide bonds. The number of carbonyl (C=O) groups is 3. The average Bonchev–Trinajstić information content (AvgIpc) is 3.13. The Morgan fingerprint density at radius 2 is 1.88 bits per heavy atom.